The molecule has 2 heterocycles. The van der Waals surface area contributed by atoms with Crippen LogP contribution in [0, 0.1) is 5.82 Å². The quantitative estimate of drug-likeness (QED) is 0.658. The van der Waals surface area contributed by atoms with Crippen molar-refractivity contribution in [1.82, 2.24) is 5.32 Å². The second-order valence-corrected chi connectivity index (χ2v) is 6.88. The van der Waals surface area contributed by atoms with E-state index < -0.39 is 0 Å². The fourth-order valence-corrected chi connectivity index (χ4v) is 3.79. The third-order valence-electron chi connectivity index (χ3n) is 3.41. The van der Waals surface area contributed by atoms with Crippen molar-refractivity contribution >= 4 is 22.7 Å². The van der Waals surface area contributed by atoms with Crippen molar-refractivity contribution in [3.05, 3.63) is 69.5 Å². The molecule has 0 saturated heterocycles. The van der Waals surface area contributed by atoms with E-state index in [2.05, 4.69) is 41.2 Å². The van der Waals surface area contributed by atoms with E-state index in [0.717, 1.165) is 12.1 Å². The summed E-state index contributed by atoms with van der Waals surface area (Å²) in [5.41, 5.74) is 2.40. The Hall–Kier alpha value is -1.49. The average molecular weight is 317 g/mol. The molecule has 0 radical (unpaired) electrons. The zero-order chi connectivity index (χ0) is 14.7. The van der Waals surface area contributed by atoms with Gasteiger partial charge in [-0.15, -0.1) is 22.7 Å². The summed E-state index contributed by atoms with van der Waals surface area (Å²) in [6.45, 7) is 2.93. The predicted octanol–water partition coefficient (Wildman–Crippen LogP) is 5.47. The highest BCUT2D eigenvalue weighted by atomic mass is 32.1. The van der Waals surface area contributed by atoms with E-state index in [-0.39, 0.29) is 11.9 Å². The number of halogens is 1. The van der Waals surface area contributed by atoms with Gasteiger partial charge in [-0.3, -0.25) is 0 Å². The maximum Gasteiger partial charge on any atom is 0.123 e. The van der Waals surface area contributed by atoms with Gasteiger partial charge in [-0.2, -0.15) is 0 Å². The number of hydrogen-bond donors (Lipinski definition) is 1. The van der Waals surface area contributed by atoms with Crippen molar-refractivity contribution in [1.29, 1.82) is 0 Å². The Balaban J connectivity index is 1.61. The molecule has 21 heavy (non-hydrogen) atoms. The molecule has 1 nitrogen and oxygen atoms in total. The maximum absolute atomic E-state index is 12.9. The molecular weight excluding hydrogens is 301 g/mol. The minimum Gasteiger partial charge on any atom is -0.305 e. The van der Waals surface area contributed by atoms with Crippen molar-refractivity contribution in [2.45, 2.75) is 19.5 Å². The molecule has 2 aromatic heterocycles. The first-order chi connectivity index (χ1) is 10.2. The van der Waals surface area contributed by atoms with Gasteiger partial charge in [0, 0.05) is 27.9 Å². The topological polar surface area (TPSA) is 12.0 Å². The lowest BCUT2D eigenvalue weighted by Crippen LogP contribution is -2.17. The highest BCUT2D eigenvalue weighted by Crippen LogP contribution is 2.29. The summed E-state index contributed by atoms with van der Waals surface area (Å²) in [7, 11) is 0. The fraction of sp³-hybridized carbons (Fsp3) is 0.176. The summed E-state index contributed by atoms with van der Waals surface area (Å²) in [4.78, 5) is 2.62. The molecule has 108 valence electrons. The zero-order valence-corrected chi connectivity index (χ0v) is 13.3. The van der Waals surface area contributed by atoms with E-state index in [1.807, 2.05) is 12.1 Å². The van der Waals surface area contributed by atoms with Crippen LogP contribution in [0.25, 0.3) is 10.4 Å². The van der Waals surface area contributed by atoms with Crippen molar-refractivity contribution < 1.29 is 4.39 Å². The predicted molar refractivity (Wildman–Crippen MR) is 89.3 cm³/mol. The minimum absolute atomic E-state index is 0.190. The summed E-state index contributed by atoms with van der Waals surface area (Å²) >= 11 is 3.53. The molecule has 0 aliphatic rings. The number of rotatable bonds is 5. The van der Waals surface area contributed by atoms with Gasteiger partial charge in [0.1, 0.15) is 5.82 Å². The van der Waals surface area contributed by atoms with Crippen LogP contribution >= 0.6 is 22.7 Å². The van der Waals surface area contributed by atoms with Gasteiger partial charge in [-0.25, -0.2) is 4.39 Å². The van der Waals surface area contributed by atoms with E-state index in [4.69, 9.17) is 0 Å². The third-order valence-corrected chi connectivity index (χ3v) is 5.27. The molecule has 3 aromatic rings. The molecule has 0 bridgehead atoms. The van der Waals surface area contributed by atoms with Crippen LogP contribution in [-0.2, 0) is 6.54 Å². The highest BCUT2D eigenvalue weighted by Gasteiger charge is 2.07. The van der Waals surface area contributed by atoms with Crippen LogP contribution in [0.4, 0.5) is 4.39 Å². The van der Waals surface area contributed by atoms with Crippen LogP contribution in [0.3, 0.4) is 0 Å². The van der Waals surface area contributed by atoms with Crippen LogP contribution in [0.15, 0.2) is 53.2 Å². The van der Waals surface area contributed by atoms with Gasteiger partial charge >= 0.3 is 0 Å². The summed E-state index contributed by atoms with van der Waals surface area (Å²) in [6.07, 6.45) is 0. The van der Waals surface area contributed by atoms with Gasteiger partial charge in [0.15, 0.2) is 0 Å². The number of nitrogens with one attached hydrogen (secondary N) is 1. The summed E-state index contributed by atoms with van der Waals surface area (Å²) in [5.74, 6) is -0.190. The first kappa shape index (κ1) is 14.4. The zero-order valence-electron chi connectivity index (χ0n) is 11.7. The van der Waals surface area contributed by atoms with Gasteiger partial charge in [-0.05, 0) is 47.5 Å². The van der Waals surface area contributed by atoms with E-state index in [9.17, 15) is 4.39 Å². The molecule has 3 rings (SSSR count). The molecule has 1 aromatic carbocycles. The molecule has 0 aliphatic heterocycles. The Kier molecular flexibility index (Phi) is 4.48. The number of benzene rings is 1. The van der Waals surface area contributed by atoms with E-state index in [0.29, 0.717) is 0 Å². The first-order valence-electron chi connectivity index (χ1n) is 6.82. The first-order valence-corrected chi connectivity index (χ1v) is 8.58. The second kappa shape index (κ2) is 6.52. The largest absolute Gasteiger partial charge is 0.305 e. The molecule has 1 atom stereocenters. The SMILES string of the molecule is C[C@H](NCc1cc(-c2cccs2)cs1)c1ccc(F)cc1. The minimum atomic E-state index is -0.190. The van der Waals surface area contributed by atoms with Crippen molar-refractivity contribution in [3.63, 3.8) is 0 Å². The Morgan fingerprint density at radius 3 is 2.67 bits per heavy atom. The van der Waals surface area contributed by atoms with Gasteiger partial charge in [0.25, 0.3) is 0 Å². The molecule has 0 fully saturated rings. The summed E-state index contributed by atoms with van der Waals surface area (Å²) in [6, 6.07) is 13.3. The molecule has 0 amide bonds. The molecular formula is C17H16FNS2. The number of hydrogen-bond acceptors (Lipinski definition) is 3. The lowest BCUT2D eigenvalue weighted by molar-refractivity contribution is 0.575. The lowest BCUT2D eigenvalue weighted by atomic mass is 10.1. The summed E-state index contributed by atoms with van der Waals surface area (Å²) < 4.78 is 12.9. The smallest absolute Gasteiger partial charge is 0.123 e. The molecule has 0 spiro atoms. The van der Waals surface area contributed by atoms with Crippen LogP contribution in [0.2, 0.25) is 0 Å². The molecule has 4 heteroatoms. The molecule has 1 N–H and O–H groups in total. The van der Waals surface area contributed by atoms with Crippen LogP contribution in [-0.4, -0.2) is 0 Å². The fourth-order valence-electron chi connectivity index (χ4n) is 2.17. The van der Waals surface area contributed by atoms with Crippen LogP contribution < -0.4 is 5.32 Å². The van der Waals surface area contributed by atoms with Crippen molar-refractivity contribution in [2.24, 2.45) is 0 Å². The standard InChI is InChI=1S/C17H16FNS2/c1-12(13-4-6-15(18)7-5-13)19-10-16-9-14(11-21-16)17-3-2-8-20-17/h2-9,11-12,19H,10H2,1H3/t12-/m0/s1. The van der Waals surface area contributed by atoms with Crippen LogP contribution in [0.1, 0.15) is 23.4 Å². The monoisotopic (exact) mass is 317 g/mol. The Labute approximate surface area is 132 Å². The molecule has 0 aliphatic carbocycles. The maximum atomic E-state index is 12.9. The second-order valence-electron chi connectivity index (χ2n) is 4.93. The Bertz CT molecular complexity index is 686. The van der Waals surface area contributed by atoms with Crippen LogP contribution in [0.5, 0.6) is 0 Å². The van der Waals surface area contributed by atoms with Crippen molar-refractivity contribution in [3.8, 4) is 10.4 Å². The van der Waals surface area contributed by atoms with Gasteiger partial charge in [-0.1, -0.05) is 18.2 Å². The Morgan fingerprint density at radius 1 is 1.14 bits per heavy atom. The lowest BCUT2D eigenvalue weighted by Gasteiger charge is -2.13. The van der Waals surface area contributed by atoms with Crippen molar-refractivity contribution in [2.75, 3.05) is 0 Å². The van der Waals surface area contributed by atoms with E-state index in [1.165, 1.54) is 27.5 Å². The summed E-state index contributed by atoms with van der Waals surface area (Å²) in [5, 5.41) is 7.78. The molecule has 0 unspecified atom stereocenters. The van der Waals surface area contributed by atoms with Gasteiger partial charge in [0.2, 0.25) is 0 Å². The van der Waals surface area contributed by atoms with E-state index >= 15 is 0 Å². The Morgan fingerprint density at radius 2 is 1.95 bits per heavy atom. The van der Waals surface area contributed by atoms with Gasteiger partial charge < -0.3 is 5.32 Å². The number of thiophene rings is 2. The molecule has 0 saturated carbocycles. The van der Waals surface area contributed by atoms with E-state index in [1.54, 1.807) is 22.7 Å². The average Bonchev–Trinajstić information content (AvgIpc) is 3.16. The normalized spacial score (nSPS) is 12.5. The highest BCUT2D eigenvalue weighted by molar-refractivity contribution is 7.14. The third kappa shape index (κ3) is 3.59. The van der Waals surface area contributed by atoms with Gasteiger partial charge in [0.05, 0.1) is 0 Å².